The molecule has 0 aliphatic rings. The van der Waals surface area contributed by atoms with Gasteiger partial charge in [-0.2, -0.15) is 4.68 Å². The van der Waals surface area contributed by atoms with Gasteiger partial charge in [-0.05, 0) is 43.3 Å². The van der Waals surface area contributed by atoms with Gasteiger partial charge in [0, 0.05) is 4.88 Å². The van der Waals surface area contributed by atoms with Crippen LogP contribution in [0.5, 0.6) is 0 Å². The molecule has 6 nitrogen and oxygen atoms in total. The number of aromatic nitrogens is 5. The summed E-state index contributed by atoms with van der Waals surface area (Å²) in [7, 11) is 0. The van der Waals surface area contributed by atoms with Gasteiger partial charge in [0.05, 0.1) is 28.1 Å². The number of aryl methyl sites for hydroxylation is 2. The highest BCUT2D eigenvalue weighted by Crippen LogP contribution is 2.29. The number of rotatable bonds is 4. The number of nitrogens with one attached hydrogen (secondary N) is 1. The number of tetrazole rings is 1. The molecule has 1 atom stereocenters. The van der Waals surface area contributed by atoms with E-state index in [0.29, 0.717) is 0 Å². The van der Waals surface area contributed by atoms with E-state index in [1.165, 1.54) is 4.88 Å². The van der Waals surface area contributed by atoms with Crippen molar-refractivity contribution in [3.8, 4) is 5.69 Å². The van der Waals surface area contributed by atoms with Crippen LogP contribution in [-0.2, 0) is 0 Å². The zero-order valence-electron chi connectivity index (χ0n) is 12.1. The van der Waals surface area contributed by atoms with E-state index in [9.17, 15) is 0 Å². The summed E-state index contributed by atoms with van der Waals surface area (Å²) >= 11 is 1.72. The Hall–Kier alpha value is -2.28. The van der Waals surface area contributed by atoms with Gasteiger partial charge in [0.25, 0.3) is 0 Å². The van der Waals surface area contributed by atoms with Crippen molar-refractivity contribution in [2.75, 3.05) is 5.32 Å². The fourth-order valence-corrected chi connectivity index (χ4v) is 3.24. The predicted molar refractivity (Wildman–Crippen MR) is 82.8 cm³/mol. The van der Waals surface area contributed by atoms with E-state index in [0.717, 1.165) is 22.1 Å². The van der Waals surface area contributed by atoms with Crippen LogP contribution in [0.2, 0.25) is 0 Å². The van der Waals surface area contributed by atoms with E-state index < -0.39 is 0 Å². The summed E-state index contributed by atoms with van der Waals surface area (Å²) < 4.78 is 1.65. The van der Waals surface area contributed by atoms with E-state index in [1.807, 2.05) is 38.1 Å². The average Bonchev–Trinajstić information content (AvgIpc) is 3.09. The zero-order chi connectivity index (χ0) is 14.8. The van der Waals surface area contributed by atoms with Crippen molar-refractivity contribution in [1.29, 1.82) is 0 Å². The van der Waals surface area contributed by atoms with E-state index in [4.69, 9.17) is 0 Å². The van der Waals surface area contributed by atoms with E-state index in [2.05, 4.69) is 32.7 Å². The molecule has 3 aromatic rings. The Labute approximate surface area is 126 Å². The minimum atomic E-state index is 0.175. The molecule has 7 heteroatoms. The highest BCUT2D eigenvalue weighted by atomic mass is 32.1. The first kappa shape index (κ1) is 13.7. The van der Waals surface area contributed by atoms with Crippen molar-refractivity contribution in [3.63, 3.8) is 0 Å². The second-order valence-corrected chi connectivity index (χ2v) is 6.05. The number of nitrogens with zero attached hydrogens (tertiary/aromatic N) is 5. The molecule has 1 N–H and O–H groups in total. The van der Waals surface area contributed by atoms with Crippen LogP contribution in [0.25, 0.3) is 5.69 Å². The fraction of sp³-hybridized carbons (Fsp3) is 0.286. The average molecular weight is 300 g/mol. The molecular weight excluding hydrogens is 284 g/mol. The lowest BCUT2D eigenvalue weighted by Gasteiger charge is -2.17. The number of thiazole rings is 1. The predicted octanol–water partition coefficient (Wildman–Crippen LogP) is 2.91. The molecule has 0 radical (unpaired) electrons. The highest BCUT2D eigenvalue weighted by molar-refractivity contribution is 7.11. The van der Waals surface area contributed by atoms with E-state index >= 15 is 0 Å². The first-order chi connectivity index (χ1) is 10.1. The molecule has 1 aromatic carbocycles. The molecule has 1 unspecified atom stereocenters. The molecule has 2 aromatic heterocycles. The van der Waals surface area contributed by atoms with Crippen molar-refractivity contribution >= 4 is 17.0 Å². The lowest BCUT2D eigenvalue weighted by molar-refractivity contribution is 0.786. The van der Waals surface area contributed by atoms with Gasteiger partial charge in [-0.25, -0.2) is 4.98 Å². The zero-order valence-corrected chi connectivity index (χ0v) is 12.9. The third-order valence-electron chi connectivity index (χ3n) is 3.20. The quantitative estimate of drug-likeness (QED) is 0.802. The Balaban J connectivity index is 1.90. The fourth-order valence-electron chi connectivity index (χ4n) is 2.31. The van der Waals surface area contributed by atoms with Gasteiger partial charge in [-0.3, -0.25) is 0 Å². The summed E-state index contributed by atoms with van der Waals surface area (Å²) in [6, 6.07) is 8.14. The Morgan fingerprint density at radius 3 is 2.71 bits per heavy atom. The Morgan fingerprint density at radius 1 is 1.24 bits per heavy atom. The molecule has 0 spiro atoms. The van der Waals surface area contributed by atoms with Crippen molar-refractivity contribution in [2.45, 2.75) is 26.8 Å². The van der Waals surface area contributed by atoms with Crippen LogP contribution >= 0.6 is 11.3 Å². The van der Waals surface area contributed by atoms with Crippen LogP contribution in [0.3, 0.4) is 0 Å². The van der Waals surface area contributed by atoms with Crippen LogP contribution in [-0.4, -0.2) is 25.2 Å². The van der Waals surface area contributed by atoms with Gasteiger partial charge in [-0.15, -0.1) is 16.4 Å². The third kappa shape index (κ3) is 2.78. The molecule has 108 valence electrons. The summed E-state index contributed by atoms with van der Waals surface area (Å²) in [5.41, 5.74) is 2.99. The molecule has 0 fully saturated rings. The highest BCUT2D eigenvalue weighted by Gasteiger charge is 2.14. The van der Waals surface area contributed by atoms with Gasteiger partial charge in [0.2, 0.25) is 0 Å². The molecule has 0 bridgehead atoms. The summed E-state index contributed by atoms with van der Waals surface area (Å²) in [4.78, 5) is 5.74. The lowest BCUT2D eigenvalue weighted by atomic mass is 10.2. The van der Waals surface area contributed by atoms with E-state index in [-0.39, 0.29) is 6.04 Å². The van der Waals surface area contributed by atoms with Crippen LogP contribution in [0.15, 0.2) is 30.6 Å². The Bertz CT molecular complexity index is 734. The first-order valence-electron chi connectivity index (χ1n) is 6.68. The second kappa shape index (κ2) is 5.61. The van der Waals surface area contributed by atoms with E-state index in [1.54, 1.807) is 22.3 Å². The largest absolute Gasteiger partial charge is 0.376 e. The molecule has 0 aliphatic carbocycles. The molecule has 0 saturated carbocycles. The topological polar surface area (TPSA) is 68.5 Å². The minimum absolute atomic E-state index is 0.175. The third-order valence-corrected chi connectivity index (χ3v) is 4.46. The maximum absolute atomic E-state index is 4.49. The van der Waals surface area contributed by atoms with Crippen LogP contribution in [0, 0.1) is 13.8 Å². The maximum Gasteiger partial charge on any atom is 0.143 e. The lowest BCUT2D eigenvalue weighted by Crippen LogP contribution is -2.09. The molecule has 21 heavy (non-hydrogen) atoms. The summed E-state index contributed by atoms with van der Waals surface area (Å²) in [6.45, 7) is 6.21. The summed E-state index contributed by atoms with van der Waals surface area (Å²) in [5, 5.41) is 15.9. The van der Waals surface area contributed by atoms with Crippen LogP contribution in [0.1, 0.15) is 28.5 Å². The van der Waals surface area contributed by atoms with Gasteiger partial charge in [-0.1, -0.05) is 12.1 Å². The molecule has 0 saturated heterocycles. The minimum Gasteiger partial charge on any atom is -0.376 e. The molecule has 3 rings (SSSR count). The molecule has 0 aliphatic heterocycles. The molecule has 2 heterocycles. The van der Waals surface area contributed by atoms with Crippen LogP contribution in [0.4, 0.5) is 5.69 Å². The SMILES string of the molecule is Cc1nc(C)c(C(C)Nc2ccccc2-n2cnnn2)s1. The second-order valence-electron chi connectivity index (χ2n) is 4.82. The van der Waals surface area contributed by atoms with Crippen molar-refractivity contribution < 1.29 is 0 Å². The number of anilines is 1. The number of hydrogen-bond acceptors (Lipinski definition) is 6. The number of para-hydroxylation sites is 2. The number of hydrogen-bond donors (Lipinski definition) is 1. The number of benzene rings is 1. The van der Waals surface area contributed by atoms with Crippen molar-refractivity contribution in [3.05, 3.63) is 46.2 Å². The maximum atomic E-state index is 4.49. The van der Waals surface area contributed by atoms with Gasteiger partial charge < -0.3 is 5.32 Å². The summed E-state index contributed by atoms with van der Waals surface area (Å²) in [5.74, 6) is 0. The molecule has 0 amide bonds. The smallest absolute Gasteiger partial charge is 0.143 e. The first-order valence-corrected chi connectivity index (χ1v) is 7.49. The van der Waals surface area contributed by atoms with Crippen molar-refractivity contribution in [1.82, 2.24) is 25.2 Å². The van der Waals surface area contributed by atoms with Gasteiger partial charge >= 0.3 is 0 Å². The monoisotopic (exact) mass is 300 g/mol. The van der Waals surface area contributed by atoms with Gasteiger partial charge in [0.1, 0.15) is 6.33 Å². The Morgan fingerprint density at radius 2 is 2.05 bits per heavy atom. The normalized spacial score (nSPS) is 12.3. The summed E-state index contributed by atoms with van der Waals surface area (Å²) in [6.07, 6.45) is 1.59. The Kier molecular flexibility index (Phi) is 3.66. The van der Waals surface area contributed by atoms with Gasteiger partial charge in [0.15, 0.2) is 0 Å². The van der Waals surface area contributed by atoms with Crippen molar-refractivity contribution in [2.24, 2.45) is 0 Å². The van der Waals surface area contributed by atoms with Crippen LogP contribution < -0.4 is 5.32 Å². The standard InChI is InChI=1S/C14H16N6S/c1-9-14(21-11(3)16-9)10(2)17-12-6-4-5-7-13(12)20-8-15-18-19-20/h4-8,10,17H,1-3H3. The molecular formula is C14H16N6S.